The number of carbonyl (C=O) groups excluding carboxylic acids is 2. The summed E-state index contributed by atoms with van der Waals surface area (Å²) in [6.45, 7) is 1.88. The van der Waals surface area contributed by atoms with Crippen molar-refractivity contribution in [1.82, 2.24) is 10.6 Å². The van der Waals surface area contributed by atoms with Crippen LogP contribution in [0.5, 0.6) is 5.75 Å². The second-order valence-corrected chi connectivity index (χ2v) is 5.72. The van der Waals surface area contributed by atoms with Gasteiger partial charge in [0.1, 0.15) is 0 Å². The molecule has 2 N–H and O–H groups in total. The van der Waals surface area contributed by atoms with Gasteiger partial charge < -0.3 is 15.4 Å². The van der Waals surface area contributed by atoms with Crippen LogP contribution < -0.4 is 15.4 Å². The summed E-state index contributed by atoms with van der Waals surface area (Å²) in [5.74, 6) is -0.849. The molecule has 0 aromatic heterocycles. The van der Waals surface area contributed by atoms with Crippen molar-refractivity contribution in [2.45, 2.75) is 38.1 Å². The van der Waals surface area contributed by atoms with Crippen molar-refractivity contribution in [2.24, 2.45) is 0 Å². The molecule has 1 aromatic rings. The van der Waals surface area contributed by atoms with E-state index >= 15 is 0 Å². The molecule has 0 bridgehead atoms. The van der Waals surface area contributed by atoms with E-state index in [0.29, 0.717) is 0 Å². The predicted molar refractivity (Wildman–Crippen MR) is 85.2 cm³/mol. The van der Waals surface area contributed by atoms with Gasteiger partial charge in [-0.2, -0.15) is 0 Å². The van der Waals surface area contributed by atoms with Gasteiger partial charge in [0.2, 0.25) is 5.91 Å². The van der Waals surface area contributed by atoms with Gasteiger partial charge in [0.05, 0.1) is 7.11 Å². The van der Waals surface area contributed by atoms with Crippen molar-refractivity contribution in [3.05, 3.63) is 29.6 Å². The van der Waals surface area contributed by atoms with Crippen LogP contribution in [0.1, 0.15) is 42.5 Å². The fourth-order valence-electron chi connectivity index (χ4n) is 2.67. The number of rotatable bonds is 6. The molecule has 1 saturated heterocycles. The number of amides is 1. The van der Waals surface area contributed by atoms with Crippen LogP contribution in [0.3, 0.4) is 0 Å². The number of ether oxygens (including phenoxy) is 1. The quantitative estimate of drug-likeness (QED) is 0.787. The molecular weight excluding hydrogens is 299 g/mol. The molecule has 126 valence electrons. The van der Waals surface area contributed by atoms with Gasteiger partial charge in [-0.1, -0.05) is 0 Å². The SMILES string of the molecule is COc1ccc(C(=O)CCC(=O)NC2CCCNCC2)cc1F. The van der Waals surface area contributed by atoms with Crippen molar-refractivity contribution < 1.29 is 18.7 Å². The van der Waals surface area contributed by atoms with Crippen molar-refractivity contribution >= 4 is 11.7 Å². The van der Waals surface area contributed by atoms with Crippen LogP contribution in [0.4, 0.5) is 4.39 Å². The fourth-order valence-corrected chi connectivity index (χ4v) is 2.67. The maximum absolute atomic E-state index is 13.6. The van der Waals surface area contributed by atoms with Crippen molar-refractivity contribution in [2.75, 3.05) is 20.2 Å². The van der Waals surface area contributed by atoms with E-state index in [2.05, 4.69) is 10.6 Å². The normalized spacial score (nSPS) is 18.1. The molecule has 1 aliphatic heterocycles. The molecule has 0 radical (unpaired) electrons. The van der Waals surface area contributed by atoms with Crippen molar-refractivity contribution in [1.29, 1.82) is 0 Å². The number of ketones is 1. The molecule has 0 aliphatic carbocycles. The first-order chi connectivity index (χ1) is 11.1. The highest BCUT2D eigenvalue weighted by Crippen LogP contribution is 2.19. The predicted octanol–water partition coefficient (Wildman–Crippen LogP) is 2.06. The number of halogens is 1. The lowest BCUT2D eigenvalue weighted by Gasteiger charge is -2.15. The Morgan fingerprint density at radius 3 is 2.87 bits per heavy atom. The van der Waals surface area contributed by atoms with E-state index in [9.17, 15) is 14.0 Å². The van der Waals surface area contributed by atoms with E-state index in [-0.39, 0.29) is 41.9 Å². The zero-order chi connectivity index (χ0) is 16.7. The molecular formula is C17H23FN2O3. The van der Waals surface area contributed by atoms with E-state index in [0.717, 1.165) is 38.4 Å². The summed E-state index contributed by atoms with van der Waals surface area (Å²) < 4.78 is 18.4. The minimum Gasteiger partial charge on any atom is -0.494 e. The number of methoxy groups -OCH3 is 1. The first-order valence-electron chi connectivity index (χ1n) is 7.97. The number of Topliss-reactive ketones (excluding diaryl/α,β-unsaturated/α-hetero) is 1. The summed E-state index contributed by atoms with van der Waals surface area (Å²) in [6, 6.07) is 4.25. The average Bonchev–Trinajstić information content (AvgIpc) is 2.81. The monoisotopic (exact) mass is 322 g/mol. The molecule has 1 atom stereocenters. The second kappa shape index (κ2) is 8.62. The topological polar surface area (TPSA) is 67.4 Å². The molecule has 23 heavy (non-hydrogen) atoms. The third-order valence-corrected chi connectivity index (χ3v) is 3.99. The largest absolute Gasteiger partial charge is 0.494 e. The Morgan fingerprint density at radius 1 is 1.30 bits per heavy atom. The highest BCUT2D eigenvalue weighted by atomic mass is 19.1. The Hall–Kier alpha value is -1.95. The summed E-state index contributed by atoms with van der Waals surface area (Å²) in [5.41, 5.74) is 0.259. The molecule has 1 unspecified atom stereocenters. The fraction of sp³-hybridized carbons (Fsp3) is 0.529. The van der Waals surface area contributed by atoms with Crippen LogP contribution in [0.15, 0.2) is 18.2 Å². The maximum atomic E-state index is 13.6. The molecule has 2 rings (SSSR count). The second-order valence-electron chi connectivity index (χ2n) is 5.72. The highest BCUT2D eigenvalue weighted by Gasteiger charge is 2.16. The third-order valence-electron chi connectivity index (χ3n) is 3.99. The standard InChI is InChI=1S/C17H23FN2O3/c1-23-16-6-4-12(11-14(16)18)15(21)5-7-17(22)20-13-3-2-9-19-10-8-13/h4,6,11,13,19H,2-3,5,7-10H2,1H3,(H,20,22). The van der Waals surface area contributed by atoms with Crippen molar-refractivity contribution in [3.8, 4) is 5.75 Å². The zero-order valence-corrected chi connectivity index (χ0v) is 13.4. The summed E-state index contributed by atoms with van der Waals surface area (Å²) in [5, 5.41) is 6.26. The first-order valence-corrected chi connectivity index (χ1v) is 7.97. The van der Waals surface area contributed by atoms with Crippen LogP contribution in [0, 0.1) is 5.82 Å². The van der Waals surface area contributed by atoms with E-state index in [1.165, 1.54) is 19.2 Å². The van der Waals surface area contributed by atoms with E-state index in [1.54, 1.807) is 0 Å². The summed E-state index contributed by atoms with van der Waals surface area (Å²) in [4.78, 5) is 24.0. The van der Waals surface area contributed by atoms with Gasteiger partial charge in [0, 0.05) is 24.4 Å². The van der Waals surface area contributed by atoms with E-state index < -0.39 is 5.82 Å². The van der Waals surface area contributed by atoms with Gasteiger partial charge in [0.25, 0.3) is 0 Å². The van der Waals surface area contributed by atoms with Gasteiger partial charge in [-0.05, 0) is 50.6 Å². The number of hydrogen-bond donors (Lipinski definition) is 2. The number of benzene rings is 1. The summed E-state index contributed by atoms with van der Waals surface area (Å²) in [7, 11) is 1.37. The lowest BCUT2D eigenvalue weighted by Crippen LogP contribution is -2.35. The molecule has 0 spiro atoms. The molecule has 1 amide bonds. The van der Waals surface area contributed by atoms with Crippen LogP contribution in [0.25, 0.3) is 0 Å². The minimum absolute atomic E-state index is 0.0720. The Labute approximate surface area is 135 Å². The van der Waals surface area contributed by atoms with Crippen LogP contribution in [-0.2, 0) is 4.79 Å². The number of hydrogen-bond acceptors (Lipinski definition) is 4. The van der Waals surface area contributed by atoms with Crippen LogP contribution in [-0.4, -0.2) is 37.9 Å². The van der Waals surface area contributed by atoms with Gasteiger partial charge in [-0.3, -0.25) is 9.59 Å². The average molecular weight is 322 g/mol. The number of carbonyl (C=O) groups is 2. The molecule has 6 heteroatoms. The van der Waals surface area contributed by atoms with Crippen LogP contribution in [0.2, 0.25) is 0 Å². The smallest absolute Gasteiger partial charge is 0.220 e. The minimum atomic E-state index is -0.575. The maximum Gasteiger partial charge on any atom is 0.220 e. The highest BCUT2D eigenvalue weighted by molar-refractivity contribution is 5.98. The van der Waals surface area contributed by atoms with Gasteiger partial charge in [0.15, 0.2) is 17.3 Å². The summed E-state index contributed by atoms with van der Waals surface area (Å²) in [6.07, 6.45) is 3.09. The molecule has 1 heterocycles. The van der Waals surface area contributed by atoms with Crippen LogP contribution >= 0.6 is 0 Å². The Bertz CT molecular complexity index is 555. The van der Waals surface area contributed by atoms with Gasteiger partial charge in [-0.15, -0.1) is 0 Å². The third kappa shape index (κ3) is 5.32. The lowest BCUT2D eigenvalue weighted by atomic mass is 10.1. The van der Waals surface area contributed by atoms with Gasteiger partial charge in [-0.25, -0.2) is 4.39 Å². The summed E-state index contributed by atoms with van der Waals surface area (Å²) >= 11 is 0. The molecule has 0 saturated carbocycles. The Balaban J connectivity index is 1.81. The first kappa shape index (κ1) is 17.4. The Morgan fingerprint density at radius 2 is 2.13 bits per heavy atom. The number of nitrogens with one attached hydrogen (secondary N) is 2. The molecule has 5 nitrogen and oxygen atoms in total. The molecule has 1 aromatic carbocycles. The lowest BCUT2D eigenvalue weighted by molar-refractivity contribution is -0.121. The van der Waals surface area contributed by atoms with Crippen molar-refractivity contribution in [3.63, 3.8) is 0 Å². The molecule has 1 fully saturated rings. The molecule has 1 aliphatic rings. The van der Waals surface area contributed by atoms with Gasteiger partial charge >= 0.3 is 0 Å². The van der Waals surface area contributed by atoms with E-state index in [1.807, 2.05) is 0 Å². The van der Waals surface area contributed by atoms with E-state index in [4.69, 9.17) is 4.74 Å². The Kier molecular flexibility index (Phi) is 6.52. The zero-order valence-electron chi connectivity index (χ0n) is 13.4.